The molecule has 0 aliphatic carbocycles. The van der Waals surface area contributed by atoms with Gasteiger partial charge in [0.25, 0.3) is 0 Å². The Hall–Kier alpha value is -3.61. The van der Waals surface area contributed by atoms with Crippen LogP contribution in [0.25, 0.3) is 22.0 Å². The van der Waals surface area contributed by atoms with Crippen LogP contribution in [0, 0.1) is 0 Å². The zero-order valence-corrected chi connectivity index (χ0v) is 19.1. The molecule has 2 heterocycles. The molecule has 0 spiro atoms. The molecule has 5 rings (SSSR count). The average molecular weight is 456 g/mol. The molecule has 1 aliphatic heterocycles. The summed E-state index contributed by atoms with van der Waals surface area (Å²) >= 11 is 0. The fourth-order valence-electron chi connectivity index (χ4n) is 4.45. The molecule has 0 saturated carbocycles. The molecule has 1 aromatic heterocycles. The summed E-state index contributed by atoms with van der Waals surface area (Å²) in [6.07, 6.45) is -0.567. The maximum absolute atomic E-state index is 11.4. The van der Waals surface area contributed by atoms with Crippen molar-refractivity contribution < 1.29 is 9.84 Å². The molecule has 1 aliphatic rings. The van der Waals surface area contributed by atoms with E-state index in [1.807, 2.05) is 24.3 Å². The average Bonchev–Trinajstić information content (AvgIpc) is 2.88. The number of aliphatic hydroxyl groups is 1. The van der Waals surface area contributed by atoms with Crippen LogP contribution in [0.3, 0.4) is 0 Å². The molecule has 6 heteroatoms. The van der Waals surface area contributed by atoms with Crippen LogP contribution in [-0.2, 0) is 0 Å². The number of β-amino-alcohol motifs (C(OH)–C–C–N with tert-alkyl or cyclic N) is 1. The number of benzene rings is 3. The Kier molecular flexibility index (Phi) is 6.60. The van der Waals surface area contributed by atoms with Crippen LogP contribution in [-0.4, -0.2) is 60.4 Å². The number of hydrogen-bond donors (Lipinski definition) is 2. The molecule has 34 heavy (non-hydrogen) atoms. The smallest absolute Gasteiger partial charge is 0.248 e. The van der Waals surface area contributed by atoms with Gasteiger partial charge in [0, 0.05) is 55.4 Å². The predicted octanol–water partition coefficient (Wildman–Crippen LogP) is 3.76. The molecule has 1 saturated heterocycles. The van der Waals surface area contributed by atoms with Crippen molar-refractivity contribution in [2.45, 2.75) is 6.10 Å². The van der Waals surface area contributed by atoms with E-state index < -0.39 is 6.10 Å². The highest BCUT2D eigenvalue weighted by atomic mass is 16.5. The van der Waals surface area contributed by atoms with Gasteiger partial charge in [0.2, 0.25) is 5.56 Å². The van der Waals surface area contributed by atoms with Crippen molar-refractivity contribution in [2.75, 3.05) is 44.2 Å². The zero-order chi connectivity index (χ0) is 23.3. The van der Waals surface area contributed by atoms with Gasteiger partial charge < -0.3 is 19.7 Å². The number of aromatic amines is 1. The van der Waals surface area contributed by atoms with Gasteiger partial charge in [-0.25, -0.2) is 0 Å². The SMILES string of the molecule is O=c1ccc2cc(OCC(O)CN3CCN(c4ccc(-c5ccccc5)cc4)CC3)ccc2[nH]1. The number of H-pyrrole nitrogens is 1. The first kappa shape index (κ1) is 22.2. The molecular formula is C28H29N3O3. The summed E-state index contributed by atoms with van der Waals surface area (Å²) in [5, 5.41) is 11.4. The van der Waals surface area contributed by atoms with Gasteiger partial charge in [0.05, 0.1) is 0 Å². The summed E-state index contributed by atoms with van der Waals surface area (Å²) in [6.45, 7) is 4.49. The fourth-order valence-corrected chi connectivity index (χ4v) is 4.45. The third-order valence-electron chi connectivity index (χ3n) is 6.32. The first-order chi connectivity index (χ1) is 16.6. The third-order valence-corrected chi connectivity index (χ3v) is 6.32. The monoisotopic (exact) mass is 455 g/mol. The highest BCUT2D eigenvalue weighted by molar-refractivity contribution is 5.79. The molecule has 4 aromatic rings. The highest BCUT2D eigenvalue weighted by Gasteiger charge is 2.20. The van der Waals surface area contributed by atoms with Crippen LogP contribution in [0.15, 0.2) is 89.7 Å². The van der Waals surface area contributed by atoms with Crippen molar-refractivity contribution in [3.63, 3.8) is 0 Å². The first-order valence-electron chi connectivity index (χ1n) is 11.7. The summed E-state index contributed by atoms with van der Waals surface area (Å²) in [5.41, 5.74) is 4.34. The third kappa shape index (κ3) is 5.30. The Morgan fingerprint density at radius 2 is 1.59 bits per heavy atom. The fraction of sp³-hybridized carbons (Fsp3) is 0.250. The number of nitrogens with zero attached hydrogens (tertiary/aromatic N) is 2. The standard InChI is InChI=1S/C28H29N3O3/c32-25(20-34-26-11-12-27-23(18-26)8-13-28(33)29-27)19-30-14-16-31(17-15-30)24-9-6-22(7-10-24)21-4-2-1-3-5-21/h1-13,18,25,32H,14-17,19-20H2,(H,29,33). The molecule has 1 atom stereocenters. The van der Waals surface area contributed by atoms with Crippen molar-refractivity contribution in [1.29, 1.82) is 0 Å². The maximum Gasteiger partial charge on any atom is 0.248 e. The van der Waals surface area contributed by atoms with E-state index >= 15 is 0 Å². The molecule has 0 radical (unpaired) electrons. The van der Waals surface area contributed by atoms with Crippen LogP contribution < -0.4 is 15.2 Å². The second-order valence-electron chi connectivity index (χ2n) is 8.74. The number of aliphatic hydroxyl groups excluding tert-OH is 1. The van der Waals surface area contributed by atoms with Gasteiger partial charge >= 0.3 is 0 Å². The van der Waals surface area contributed by atoms with Crippen molar-refractivity contribution in [3.8, 4) is 16.9 Å². The number of anilines is 1. The number of hydrogen-bond acceptors (Lipinski definition) is 5. The zero-order valence-electron chi connectivity index (χ0n) is 19.1. The van der Waals surface area contributed by atoms with Gasteiger partial charge in [-0.15, -0.1) is 0 Å². The summed E-state index contributed by atoms with van der Waals surface area (Å²) in [7, 11) is 0. The van der Waals surface area contributed by atoms with Crippen LogP contribution in [0.2, 0.25) is 0 Å². The minimum atomic E-state index is -0.567. The number of nitrogens with one attached hydrogen (secondary N) is 1. The summed E-state index contributed by atoms with van der Waals surface area (Å²) < 4.78 is 5.81. The Labute approximate surface area is 199 Å². The van der Waals surface area contributed by atoms with E-state index in [2.05, 4.69) is 63.3 Å². The molecule has 0 amide bonds. The van der Waals surface area contributed by atoms with E-state index in [1.54, 1.807) is 6.07 Å². The minimum absolute atomic E-state index is 0.124. The number of fused-ring (bicyclic) bond motifs is 1. The van der Waals surface area contributed by atoms with Crippen molar-refractivity contribution in [3.05, 3.63) is 95.3 Å². The Morgan fingerprint density at radius 1 is 0.853 bits per heavy atom. The summed E-state index contributed by atoms with van der Waals surface area (Å²) in [5.74, 6) is 0.683. The topological polar surface area (TPSA) is 68.8 Å². The molecule has 1 fully saturated rings. The number of rotatable bonds is 7. The Bertz CT molecular complexity index is 1280. The molecule has 1 unspecified atom stereocenters. The molecule has 6 nitrogen and oxygen atoms in total. The summed E-state index contributed by atoms with van der Waals surface area (Å²) in [6, 6.07) is 28.0. The van der Waals surface area contributed by atoms with E-state index in [4.69, 9.17) is 4.74 Å². The summed E-state index contributed by atoms with van der Waals surface area (Å²) in [4.78, 5) is 18.9. The normalized spacial score (nSPS) is 15.4. The van der Waals surface area contributed by atoms with Crippen molar-refractivity contribution >= 4 is 16.6 Å². The maximum atomic E-state index is 11.4. The van der Waals surface area contributed by atoms with Gasteiger partial charge in [0.1, 0.15) is 18.5 Å². The molecule has 2 N–H and O–H groups in total. The van der Waals surface area contributed by atoms with E-state index in [0.29, 0.717) is 12.3 Å². The lowest BCUT2D eigenvalue weighted by Gasteiger charge is -2.37. The van der Waals surface area contributed by atoms with Gasteiger partial charge in [-0.3, -0.25) is 9.69 Å². The lowest BCUT2D eigenvalue weighted by molar-refractivity contribution is 0.0663. The Balaban J connectivity index is 1.09. The molecular weight excluding hydrogens is 426 g/mol. The van der Waals surface area contributed by atoms with Gasteiger partial charge in [0.15, 0.2) is 0 Å². The lowest BCUT2D eigenvalue weighted by atomic mass is 10.1. The van der Waals surface area contributed by atoms with Crippen LogP contribution in [0.1, 0.15) is 0 Å². The molecule has 174 valence electrons. The van der Waals surface area contributed by atoms with Gasteiger partial charge in [-0.1, -0.05) is 42.5 Å². The van der Waals surface area contributed by atoms with Crippen LogP contribution in [0.5, 0.6) is 5.75 Å². The molecule has 0 bridgehead atoms. The van der Waals surface area contributed by atoms with Gasteiger partial charge in [-0.05, 0) is 47.5 Å². The second kappa shape index (κ2) is 10.1. The number of pyridine rings is 1. The van der Waals surface area contributed by atoms with E-state index in [1.165, 1.54) is 22.9 Å². The minimum Gasteiger partial charge on any atom is -0.491 e. The number of piperazine rings is 1. The number of aromatic nitrogens is 1. The van der Waals surface area contributed by atoms with E-state index in [-0.39, 0.29) is 12.2 Å². The first-order valence-corrected chi connectivity index (χ1v) is 11.7. The van der Waals surface area contributed by atoms with E-state index in [0.717, 1.165) is 37.1 Å². The Morgan fingerprint density at radius 3 is 2.35 bits per heavy atom. The highest BCUT2D eigenvalue weighted by Crippen LogP contribution is 2.24. The predicted molar refractivity (Wildman–Crippen MR) is 137 cm³/mol. The molecule has 3 aromatic carbocycles. The number of ether oxygens (including phenoxy) is 1. The van der Waals surface area contributed by atoms with Crippen LogP contribution >= 0.6 is 0 Å². The van der Waals surface area contributed by atoms with Gasteiger partial charge in [-0.2, -0.15) is 0 Å². The largest absolute Gasteiger partial charge is 0.491 e. The lowest BCUT2D eigenvalue weighted by Crippen LogP contribution is -2.49. The van der Waals surface area contributed by atoms with E-state index in [9.17, 15) is 9.90 Å². The second-order valence-corrected chi connectivity index (χ2v) is 8.74. The quantitative estimate of drug-likeness (QED) is 0.444. The van der Waals surface area contributed by atoms with Crippen LogP contribution in [0.4, 0.5) is 5.69 Å². The van der Waals surface area contributed by atoms with Crippen molar-refractivity contribution in [1.82, 2.24) is 9.88 Å². The van der Waals surface area contributed by atoms with Crippen molar-refractivity contribution in [2.24, 2.45) is 0 Å².